The summed E-state index contributed by atoms with van der Waals surface area (Å²) in [5, 5.41) is 1.32. The number of aromatic nitrogens is 2. The number of hydrogen-bond acceptors (Lipinski definition) is 3. The molecule has 1 aliphatic heterocycles. The Balaban J connectivity index is 1.80. The maximum Gasteiger partial charge on any atom is 0.222 e. The number of hydrogen-bond donors (Lipinski definition) is 0. The molecule has 3 nitrogen and oxygen atoms in total. The van der Waals surface area contributed by atoms with Gasteiger partial charge in [0.25, 0.3) is 0 Å². The lowest BCUT2D eigenvalue weighted by Gasteiger charge is -2.31. The standard InChI is InChI=1S/C27H20Cl2N2O/c1-27(2)16-23(18-11-13-30-14-12-18)22-15-21(17-7-9-19(28)10-8-17)25(31-26(22)32-27)20-5-3-4-6-24(20)29/h3-16H,1-2H3. The summed E-state index contributed by atoms with van der Waals surface area (Å²) in [4.78, 5) is 9.19. The monoisotopic (exact) mass is 458 g/mol. The first-order valence-electron chi connectivity index (χ1n) is 10.3. The molecule has 2 aromatic carbocycles. The average molecular weight is 459 g/mol. The number of rotatable bonds is 3. The van der Waals surface area contributed by atoms with E-state index in [1.54, 1.807) is 12.4 Å². The lowest BCUT2D eigenvalue weighted by molar-refractivity contribution is 0.151. The molecule has 1 aliphatic rings. The van der Waals surface area contributed by atoms with E-state index in [-0.39, 0.29) is 0 Å². The molecule has 5 rings (SSSR count). The van der Waals surface area contributed by atoms with Gasteiger partial charge in [0.1, 0.15) is 5.60 Å². The number of ether oxygens (including phenoxy) is 1. The van der Waals surface area contributed by atoms with Crippen molar-refractivity contribution in [1.29, 1.82) is 0 Å². The van der Waals surface area contributed by atoms with Crippen molar-refractivity contribution in [2.45, 2.75) is 19.4 Å². The normalized spacial score (nSPS) is 14.3. The Morgan fingerprint density at radius 1 is 0.781 bits per heavy atom. The molecule has 32 heavy (non-hydrogen) atoms. The molecule has 0 bridgehead atoms. The van der Waals surface area contributed by atoms with Gasteiger partial charge in [-0.15, -0.1) is 0 Å². The van der Waals surface area contributed by atoms with Gasteiger partial charge in [0.15, 0.2) is 0 Å². The van der Waals surface area contributed by atoms with E-state index in [2.05, 4.69) is 17.1 Å². The summed E-state index contributed by atoms with van der Waals surface area (Å²) in [6, 6.07) is 21.6. The van der Waals surface area contributed by atoms with Crippen molar-refractivity contribution in [1.82, 2.24) is 9.97 Å². The fraction of sp³-hybridized carbons (Fsp3) is 0.111. The van der Waals surface area contributed by atoms with Crippen molar-refractivity contribution in [2.75, 3.05) is 0 Å². The summed E-state index contributed by atoms with van der Waals surface area (Å²) in [6.07, 6.45) is 5.72. The minimum absolute atomic E-state index is 0.516. The van der Waals surface area contributed by atoms with Crippen molar-refractivity contribution in [3.8, 4) is 28.3 Å². The first-order valence-corrected chi connectivity index (χ1v) is 11.1. The van der Waals surface area contributed by atoms with Crippen LogP contribution in [-0.4, -0.2) is 15.6 Å². The summed E-state index contributed by atoms with van der Waals surface area (Å²) in [6.45, 7) is 4.06. The van der Waals surface area contributed by atoms with E-state index in [1.165, 1.54) is 0 Å². The third-order valence-electron chi connectivity index (χ3n) is 5.40. The Morgan fingerprint density at radius 3 is 2.22 bits per heavy atom. The molecule has 3 heterocycles. The number of benzene rings is 2. The van der Waals surface area contributed by atoms with Crippen molar-refractivity contribution in [2.24, 2.45) is 0 Å². The van der Waals surface area contributed by atoms with Crippen LogP contribution in [-0.2, 0) is 0 Å². The molecule has 0 spiro atoms. The number of pyridine rings is 2. The first kappa shape index (κ1) is 20.7. The molecule has 0 fully saturated rings. The zero-order valence-corrected chi connectivity index (χ0v) is 19.2. The van der Waals surface area contributed by atoms with Crippen LogP contribution in [0.2, 0.25) is 10.0 Å². The molecule has 0 unspecified atom stereocenters. The minimum atomic E-state index is -0.516. The van der Waals surface area contributed by atoms with Gasteiger partial charge in [-0.25, -0.2) is 4.98 Å². The molecule has 2 aromatic heterocycles. The van der Waals surface area contributed by atoms with Gasteiger partial charge in [-0.3, -0.25) is 4.98 Å². The fourth-order valence-corrected chi connectivity index (χ4v) is 4.30. The van der Waals surface area contributed by atoms with Crippen molar-refractivity contribution in [3.63, 3.8) is 0 Å². The highest BCUT2D eigenvalue weighted by Gasteiger charge is 2.30. The summed E-state index contributed by atoms with van der Waals surface area (Å²) in [5.74, 6) is 0.581. The maximum atomic E-state index is 6.59. The highest BCUT2D eigenvalue weighted by Crippen LogP contribution is 2.44. The van der Waals surface area contributed by atoms with Gasteiger partial charge in [-0.1, -0.05) is 53.5 Å². The quantitative estimate of drug-likeness (QED) is 0.315. The van der Waals surface area contributed by atoms with Crippen LogP contribution in [0, 0.1) is 0 Å². The van der Waals surface area contributed by atoms with E-state index in [0.29, 0.717) is 15.9 Å². The number of halogens is 2. The SMILES string of the molecule is CC1(C)C=C(c2ccncc2)c2cc(-c3ccc(Cl)cc3)c(-c3ccccc3Cl)nc2O1. The van der Waals surface area contributed by atoms with E-state index < -0.39 is 5.60 Å². The van der Waals surface area contributed by atoms with Gasteiger partial charge in [0.05, 0.1) is 5.69 Å². The van der Waals surface area contributed by atoms with Crippen LogP contribution in [0.25, 0.3) is 28.0 Å². The van der Waals surface area contributed by atoms with Crippen molar-refractivity contribution in [3.05, 3.63) is 106 Å². The summed E-state index contributed by atoms with van der Waals surface area (Å²) < 4.78 is 6.32. The Hall–Kier alpha value is -3.14. The van der Waals surface area contributed by atoms with Crippen LogP contribution in [0.5, 0.6) is 5.88 Å². The van der Waals surface area contributed by atoms with E-state index in [1.807, 2.05) is 74.5 Å². The zero-order valence-electron chi connectivity index (χ0n) is 17.6. The van der Waals surface area contributed by atoms with E-state index in [0.717, 1.165) is 39.1 Å². The summed E-state index contributed by atoms with van der Waals surface area (Å²) in [5.41, 5.74) is 6.11. The van der Waals surface area contributed by atoms with Gasteiger partial charge < -0.3 is 4.74 Å². The van der Waals surface area contributed by atoms with Crippen LogP contribution >= 0.6 is 23.2 Å². The van der Waals surface area contributed by atoms with E-state index >= 15 is 0 Å². The van der Waals surface area contributed by atoms with Crippen LogP contribution in [0.15, 0.2) is 85.2 Å². The Kier molecular flexibility index (Phi) is 5.24. The molecule has 4 aromatic rings. The lowest BCUT2D eigenvalue weighted by atomic mass is 9.89. The first-order chi connectivity index (χ1) is 15.4. The average Bonchev–Trinajstić information content (AvgIpc) is 2.79. The molecule has 0 atom stereocenters. The Morgan fingerprint density at radius 2 is 1.50 bits per heavy atom. The second kappa shape index (κ2) is 8.09. The van der Waals surface area contributed by atoms with Gasteiger partial charge >= 0.3 is 0 Å². The van der Waals surface area contributed by atoms with Gasteiger partial charge in [0.2, 0.25) is 5.88 Å². The second-order valence-corrected chi connectivity index (χ2v) is 9.07. The topological polar surface area (TPSA) is 35.0 Å². The molecule has 0 N–H and O–H groups in total. The zero-order chi connectivity index (χ0) is 22.3. The summed E-state index contributed by atoms with van der Waals surface area (Å²) in [7, 11) is 0. The van der Waals surface area contributed by atoms with Crippen LogP contribution < -0.4 is 4.74 Å². The predicted octanol–water partition coefficient (Wildman–Crippen LogP) is 7.72. The Labute approximate surface area is 197 Å². The van der Waals surface area contributed by atoms with E-state index in [9.17, 15) is 0 Å². The molecule has 158 valence electrons. The smallest absolute Gasteiger partial charge is 0.222 e. The minimum Gasteiger partial charge on any atom is -0.467 e. The largest absolute Gasteiger partial charge is 0.467 e. The molecular formula is C27H20Cl2N2O. The molecule has 0 radical (unpaired) electrons. The molecular weight excluding hydrogens is 439 g/mol. The van der Waals surface area contributed by atoms with Crippen LogP contribution in [0.3, 0.4) is 0 Å². The number of fused-ring (bicyclic) bond motifs is 1. The molecule has 5 heteroatoms. The highest BCUT2D eigenvalue weighted by atomic mass is 35.5. The maximum absolute atomic E-state index is 6.59. The second-order valence-electron chi connectivity index (χ2n) is 8.22. The van der Waals surface area contributed by atoms with Gasteiger partial charge in [-0.05, 0) is 73.0 Å². The predicted molar refractivity (Wildman–Crippen MR) is 131 cm³/mol. The van der Waals surface area contributed by atoms with Crippen LogP contribution in [0.1, 0.15) is 25.0 Å². The van der Waals surface area contributed by atoms with Crippen LogP contribution in [0.4, 0.5) is 0 Å². The van der Waals surface area contributed by atoms with Crippen molar-refractivity contribution >= 4 is 28.8 Å². The summed E-state index contributed by atoms with van der Waals surface area (Å²) >= 11 is 12.7. The third kappa shape index (κ3) is 3.90. The van der Waals surface area contributed by atoms with Gasteiger partial charge in [0, 0.05) is 39.1 Å². The highest BCUT2D eigenvalue weighted by molar-refractivity contribution is 6.33. The fourth-order valence-electron chi connectivity index (χ4n) is 3.95. The molecule has 0 saturated carbocycles. The molecule has 0 saturated heterocycles. The van der Waals surface area contributed by atoms with Gasteiger partial charge in [-0.2, -0.15) is 0 Å². The number of nitrogens with zero attached hydrogens (tertiary/aromatic N) is 2. The lowest BCUT2D eigenvalue weighted by Crippen LogP contribution is -2.30. The van der Waals surface area contributed by atoms with E-state index in [4.69, 9.17) is 32.9 Å². The van der Waals surface area contributed by atoms with Crippen molar-refractivity contribution < 1.29 is 4.74 Å². The molecule has 0 amide bonds. The molecule has 0 aliphatic carbocycles. The third-order valence-corrected chi connectivity index (χ3v) is 5.99. The Bertz CT molecular complexity index is 1330.